The summed E-state index contributed by atoms with van der Waals surface area (Å²) in [6.45, 7) is 7.50. The SMILES string of the molecule is CCC(C)(C)NC(=O)CNCCCSC. The summed E-state index contributed by atoms with van der Waals surface area (Å²) in [6.07, 6.45) is 4.16. The highest BCUT2D eigenvalue weighted by atomic mass is 32.2. The van der Waals surface area contributed by atoms with Crippen LogP contribution in [0.3, 0.4) is 0 Å². The molecule has 0 saturated heterocycles. The maximum Gasteiger partial charge on any atom is 0.234 e. The van der Waals surface area contributed by atoms with Crippen LogP contribution < -0.4 is 10.6 Å². The smallest absolute Gasteiger partial charge is 0.234 e. The van der Waals surface area contributed by atoms with Gasteiger partial charge in [0.15, 0.2) is 0 Å². The Bertz CT molecular complexity index is 183. The molecule has 0 spiro atoms. The number of nitrogens with one attached hydrogen (secondary N) is 2. The van der Waals surface area contributed by atoms with Crippen LogP contribution >= 0.6 is 11.8 Å². The minimum atomic E-state index is -0.0853. The highest BCUT2D eigenvalue weighted by molar-refractivity contribution is 7.98. The van der Waals surface area contributed by atoms with Gasteiger partial charge in [-0.15, -0.1) is 0 Å². The molecule has 0 aliphatic carbocycles. The number of thioether (sulfide) groups is 1. The Balaban J connectivity index is 3.49. The molecule has 0 unspecified atom stereocenters. The Kier molecular flexibility index (Phi) is 7.88. The molecule has 0 atom stereocenters. The van der Waals surface area contributed by atoms with Gasteiger partial charge >= 0.3 is 0 Å². The molecular formula is C11H24N2OS. The van der Waals surface area contributed by atoms with Crippen LogP contribution in [0.5, 0.6) is 0 Å². The first kappa shape index (κ1) is 14.8. The number of carbonyl (C=O) groups excluding carboxylic acids is 1. The van der Waals surface area contributed by atoms with Crippen molar-refractivity contribution in [3.05, 3.63) is 0 Å². The van der Waals surface area contributed by atoms with Gasteiger partial charge < -0.3 is 10.6 Å². The largest absolute Gasteiger partial charge is 0.350 e. The second-order valence-electron chi connectivity index (χ2n) is 4.31. The lowest BCUT2D eigenvalue weighted by molar-refractivity contribution is -0.121. The summed E-state index contributed by atoms with van der Waals surface area (Å²) in [6, 6.07) is 0. The average molecular weight is 232 g/mol. The molecule has 15 heavy (non-hydrogen) atoms. The molecule has 0 aliphatic heterocycles. The second-order valence-corrected chi connectivity index (χ2v) is 5.29. The van der Waals surface area contributed by atoms with Gasteiger partial charge in [0.1, 0.15) is 0 Å². The Morgan fingerprint density at radius 1 is 1.40 bits per heavy atom. The van der Waals surface area contributed by atoms with Crippen LogP contribution in [0.25, 0.3) is 0 Å². The molecule has 0 bridgehead atoms. The number of amides is 1. The maximum absolute atomic E-state index is 11.5. The third-order valence-electron chi connectivity index (χ3n) is 2.35. The summed E-state index contributed by atoms with van der Waals surface area (Å²) < 4.78 is 0. The van der Waals surface area contributed by atoms with Gasteiger partial charge in [0.25, 0.3) is 0 Å². The van der Waals surface area contributed by atoms with Crippen molar-refractivity contribution in [3.8, 4) is 0 Å². The lowest BCUT2D eigenvalue weighted by atomic mass is 10.0. The third-order valence-corrected chi connectivity index (χ3v) is 3.05. The van der Waals surface area contributed by atoms with Crippen LogP contribution in [0.1, 0.15) is 33.6 Å². The molecule has 0 aromatic heterocycles. The summed E-state index contributed by atoms with van der Waals surface area (Å²) in [7, 11) is 0. The van der Waals surface area contributed by atoms with Crippen LogP contribution in [-0.4, -0.2) is 36.5 Å². The molecule has 0 rings (SSSR count). The van der Waals surface area contributed by atoms with E-state index in [1.807, 2.05) is 25.6 Å². The summed E-state index contributed by atoms with van der Waals surface area (Å²) in [4.78, 5) is 11.5. The Morgan fingerprint density at radius 3 is 2.60 bits per heavy atom. The summed E-state index contributed by atoms with van der Waals surface area (Å²) >= 11 is 1.83. The average Bonchev–Trinajstić information content (AvgIpc) is 2.17. The van der Waals surface area contributed by atoms with Crippen LogP contribution in [0, 0.1) is 0 Å². The fourth-order valence-electron chi connectivity index (χ4n) is 1.05. The van der Waals surface area contributed by atoms with Gasteiger partial charge in [-0.2, -0.15) is 11.8 Å². The van der Waals surface area contributed by atoms with Crippen molar-refractivity contribution < 1.29 is 4.79 Å². The molecule has 2 N–H and O–H groups in total. The highest BCUT2D eigenvalue weighted by Crippen LogP contribution is 2.05. The van der Waals surface area contributed by atoms with Gasteiger partial charge in [0, 0.05) is 5.54 Å². The van der Waals surface area contributed by atoms with E-state index in [2.05, 4.69) is 23.8 Å². The van der Waals surface area contributed by atoms with Crippen molar-refractivity contribution in [2.75, 3.05) is 25.1 Å². The standard InChI is InChI=1S/C11H24N2OS/c1-5-11(2,3)13-10(14)9-12-7-6-8-15-4/h12H,5-9H2,1-4H3,(H,13,14). The van der Waals surface area contributed by atoms with E-state index >= 15 is 0 Å². The van der Waals surface area contributed by atoms with Crippen LogP contribution in [0.4, 0.5) is 0 Å². The van der Waals surface area contributed by atoms with Crippen molar-refractivity contribution >= 4 is 17.7 Å². The number of hydrogen-bond donors (Lipinski definition) is 2. The van der Waals surface area contributed by atoms with E-state index < -0.39 is 0 Å². The van der Waals surface area contributed by atoms with E-state index in [9.17, 15) is 4.79 Å². The first-order chi connectivity index (χ1) is 7.02. The molecule has 4 heteroatoms. The van der Waals surface area contributed by atoms with Crippen LogP contribution in [0.15, 0.2) is 0 Å². The second kappa shape index (κ2) is 7.99. The molecule has 90 valence electrons. The molecule has 0 saturated carbocycles. The zero-order valence-corrected chi connectivity index (χ0v) is 11.2. The number of rotatable bonds is 8. The lowest BCUT2D eigenvalue weighted by Crippen LogP contribution is -2.46. The molecule has 0 aromatic carbocycles. The molecule has 0 fully saturated rings. The van der Waals surface area contributed by atoms with Gasteiger partial charge in [-0.25, -0.2) is 0 Å². The fourth-order valence-corrected chi connectivity index (χ4v) is 1.49. The van der Waals surface area contributed by atoms with Gasteiger partial charge in [-0.05, 0) is 45.2 Å². The van der Waals surface area contributed by atoms with Gasteiger partial charge in [-0.3, -0.25) is 4.79 Å². The van der Waals surface area contributed by atoms with Crippen molar-refractivity contribution in [2.24, 2.45) is 0 Å². The summed E-state index contributed by atoms with van der Waals surface area (Å²) in [5.74, 6) is 1.24. The van der Waals surface area contributed by atoms with Gasteiger partial charge in [0.2, 0.25) is 5.91 Å². The van der Waals surface area contributed by atoms with E-state index in [4.69, 9.17) is 0 Å². The normalized spacial score (nSPS) is 11.5. The predicted octanol–water partition coefficient (Wildman–Crippen LogP) is 1.63. The van der Waals surface area contributed by atoms with Crippen molar-refractivity contribution in [1.29, 1.82) is 0 Å². The Hall–Kier alpha value is -0.220. The van der Waals surface area contributed by atoms with E-state index in [0.29, 0.717) is 6.54 Å². The molecule has 0 aromatic rings. The number of carbonyl (C=O) groups is 1. The molecule has 3 nitrogen and oxygen atoms in total. The predicted molar refractivity (Wildman–Crippen MR) is 68.4 cm³/mol. The van der Waals surface area contributed by atoms with Crippen LogP contribution in [0.2, 0.25) is 0 Å². The van der Waals surface area contributed by atoms with Gasteiger partial charge in [0.05, 0.1) is 6.54 Å². The van der Waals surface area contributed by atoms with Crippen LogP contribution in [-0.2, 0) is 4.79 Å². The third kappa shape index (κ3) is 8.75. The van der Waals surface area contributed by atoms with Crippen molar-refractivity contribution in [2.45, 2.75) is 39.2 Å². The maximum atomic E-state index is 11.5. The van der Waals surface area contributed by atoms with Crippen molar-refractivity contribution in [3.63, 3.8) is 0 Å². The zero-order valence-electron chi connectivity index (χ0n) is 10.4. The minimum absolute atomic E-state index is 0.0853. The molecule has 0 radical (unpaired) electrons. The first-order valence-electron chi connectivity index (χ1n) is 5.52. The topological polar surface area (TPSA) is 41.1 Å². The van der Waals surface area contributed by atoms with Gasteiger partial charge in [-0.1, -0.05) is 6.92 Å². The molecule has 0 heterocycles. The zero-order chi connectivity index (χ0) is 11.7. The summed E-state index contributed by atoms with van der Waals surface area (Å²) in [5, 5.41) is 6.13. The highest BCUT2D eigenvalue weighted by Gasteiger charge is 2.16. The monoisotopic (exact) mass is 232 g/mol. The molecular weight excluding hydrogens is 208 g/mol. The lowest BCUT2D eigenvalue weighted by Gasteiger charge is -2.24. The Labute approximate surface area is 97.8 Å². The minimum Gasteiger partial charge on any atom is -0.350 e. The van der Waals surface area contributed by atoms with E-state index in [1.165, 1.54) is 0 Å². The fraction of sp³-hybridized carbons (Fsp3) is 0.909. The van der Waals surface area contributed by atoms with E-state index in [0.717, 1.165) is 25.1 Å². The first-order valence-corrected chi connectivity index (χ1v) is 6.92. The quantitative estimate of drug-likeness (QED) is 0.625. The molecule has 0 aliphatic rings. The number of hydrogen-bond acceptors (Lipinski definition) is 3. The molecule has 1 amide bonds. The van der Waals surface area contributed by atoms with Crippen molar-refractivity contribution in [1.82, 2.24) is 10.6 Å². The van der Waals surface area contributed by atoms with E-state index in [-0.39, 0.29) is 11.4 Å². The Morgan fingerprint density at radius 2 is 2.07 bits per heavy atom. The summed E-state index contributed by atoms with van der Waals surface area (Å²) in [5.41, 5.74) is -0.0853. The van der Waals surface area contributed by atoms with E-state index in [1.54, 1.807) is 0 Å².